The maximum atomic E-state index is 11.3. The Bertz CT molecular complexity index is 807. The number of amides is 1. The van der Waals surface area contributed by atoms with Crippen LogP contribution in [-0.2, 0) is 0 Å². The zero-order valence-electron chi connectivity index (χ0n) is 17.2. The second-order valence-electron chi connectivity index (χ2n) is 8.23. The predicted molar refractivity (Wildman–Crippen MR) is 114 cm³/mol. The van der Waals surface area contributed by atoms with E-state index in [1.807, 2.05) is 0 Å². The van der Waals surface area contributed by atoms with Crippen LogP contribution < -0.4 is 15.5 Å². The summed E-state index contributed by atoms with van der Waals surface area (Å²) in [5.74, 6) is 1.36. The van der Waals surface area contributed by atoms with Crippen LogP contribution in [0.1, 0.15) is 41.1 Å². The molecule has 4 rings (SSSR count). The number of hydrogen-bond donors (Lipinski definition) is 3. The smallest absolute Gasteiger partial charge is 0.276 e. The van der Waals surface area contributed by atoms with Gasteiger partial charge in [0, 0.05) is 30.8 Å². The zero-order valence-corrected chi connectivity index (χ0v) is 17.2. The van der Waals surface area contributed by atoms with E-state index >= 15 is 0 Å². The summed E-state index contributed by atoms with van der Waals surface area (Å²) in [4.78, 5) is 17.8. The Morgan fingerprint density at radius 2 is 1.97 bits per heavy atom. The molecule has 1 aromatic heterocycles. The second kappa shape index (κ2) is 10.0. The normalized spacial score (nSPS) is 21.9. The summed E-state index contributed by atoms with van der Waals surface area (Å²) in [5, 5.41) is 12.4. The van der Waals surface area contributed by atoms with Crippen molar-refractivity contribution < 1.29 is 14.7 Å². The van der Waals surface area contributed by atoms with E-state index < -0.39 is 5.91 Å². The highest BCUT2D eigenvalue weighted by atomic mass is 16.5. The number of hydroxylamine groups is 1. The summed E-state index contributed by atoms with van der Waals surface area (Å²) in [6.07, 6.45) is 5.10. The van der Waals surface area contributed by atoms with Gasteiger partial charge in [0.2, 0.25) is 5.88 Å². The largest absolute Gasteiger partial charge is 0.476 e. The summed E-state index contributed by atoms with van der Waals surface area (Å²) >= 11 is 0. The molecule has 1 aliphatic carbocycles. The lowest BCUT2D eigenvalue weighted by Crippen LogP contribution is -2.39. The molecule has 0 spiro atoms. The van der Waals surface area contributed by atoms with Gasteiger partial charge in [0.05, 0.1) is 5.56 Å². The van der Waals surface area contributed by atoms with E-state index in [0.29, 0.717) is 30.0 Å². The van der Waals surface area contributed by atoms with E-state index in [0.717, 1.165) is 32.1 Å². The molecule has 1 saturated carbocycles. The predicted octanol–water partition coefficient (Wildman–Crippen LogP) is 2.44. The van der Waals surface area contributed by atoms with E-state index in [1.165, 1.54) is 31.0 Å². The minimum Gasteiger partial charge on any atom is -0.476 e. The molecule has 160 valence electrons. The summed E-state index contributed by atoms with van der Waals surface area (Å²) in [6.45, 7) is 4.77. The minimum absolute atomic E-state index is 0.293. The van der Waals surface area contributed by atoms with Gasteiger partial charge in [0.1, 0.15) is 6.61 Å². The number of benzene rings is 1. The second-order valence-corrected chi connectivity index (χ2v) is 8.23. The van der Waals surface area contributed by atoms with Crippen molar-refractivity contribution in [3.63, 3.8) is 0 Å². The molecule has 7 nitrogen and oxygen atoms in total. The molecule has 7 heteroatoms. The average Bonchev–Trinajstić information content (AvgIpc) is 3.59. The first kappa shape index (κ1) is 20.8. The van der Waals surface area contributed by atoms with E-state index in [9.17, 15) is 4.79 Å². The van der Waals surface area contributed by atoms with Crippen LogP contribution in [0.4, 0.5) is 0 Å². The summed E-state index contributed by atoms with van der Waals surface area (Å²) in [6, 6.07) is 14.7. The third-order valence-corrected chi connectivity index (χ3v) is 6.15. The van der Waals surface area contributed by atoms with Crippen LogP contribution in [0.2, 0.25) is 0 Å². The van der Waals surface area contributed by atoms with Crippen LogP contribution in [0, 0.1) is 5.92 Å². The van der Waals surface area contributed by atoms with Crippen LogP contribution in [-0.4, -0.2) is 59.8 Å². The van der Waals surface area contributed by atoms with Crippen LogP contribution in [0.5, 0.6) is 5.88 Å². The number of hydrogen-bond acceptors (Lipinski definition) is 6. The first-order valence-corrected chi connectivity index (χ1v) is 10.8. The van der Waals surface area contributed by atoms with E-state index in [2.05, 4.69) is 45.5 Å². The molecule has 0 bridgehead atoms. The Balaban J connectivity index is 1.09. The Hall–Kier alpha value is -2.48. The van der Waals surface area contributed by atoms with Gasteiger partial charge in [0.25, 0.3) is 5.91 Å². The Kier molecular flexibility index (Phi) is 6.94. The third-order valence-electron chi connectivity index (χ3n) is 6.15. The van der Waals surface area contributed by atoms with Crippen molar-refractivity contribution in [1.29, 1.82) is 0 Å². The van der Waals surface area contributed by atoms with E-state index in [-0.39, 0.29) is 0 Å². The number of nitrogens with zero attached hydrogens (tertiary/aromatic N) is 2. The van der Waals surface area contributed by atoms with Gasteiger partial charge in [-0.2, -0.15) is 0 Å². The topological polar surface area (TPSA) is 86.7 Å². The maximum absolute atomic E-state index is 11.3. The van der Waals surface area contributed by atoms with E-state index in [1.54, 1.807) is 17.6 Å². The molecule has 2 fully saturated rings. The van der Waals surface area contributed by atoms with Crippen molar-refractivity contribution in [2.45, 2.75) is 31.2 Å². The molecule has 1 aliphatic heterocycles. The molecule has 3 N–H and O–H groups in total. The van der Waals surface area contributed by atoms with Crippen molar-refractivity contribution in [1.82, 2.24) is 20.7 Å². The van der Waals surface area contributed by atoms with Crippen LogP contribution in [0.15, 0.2) is 48.7 Å². The quantitative estimate of drug-likeness (QED) is 0.435. The summed E-state index contributed by atoms with van der Waals surface area (Å²) in [7, 11) is 0. The molecule has 0 radical (unpaired) electrons. The molecule has 2 atom stereocenters. The van der Waals surface area contributed by atoms with Crippen molar-refractivity contribution in [3.8, 4) is 5.88 Å². The molecular formula is C23H30N4O3. The number of carbonyl (C=O) groups excluding carboxylic acids is 1. The number of likely N-dealkylation sites (tertiary alicyclic amines) is 1. The summed E-state index contributed by atoms with van der Waals surface area (Å²) < 4.78 is 5.69. The number of nitrogens with one attached hydrogen (secondary N) is 2. The van der Waals surface area contributed by atoms with Crippen LogP contribution >= 0.6 is 0 Å². The van der Waals surface area contributed by atoms with Crippen LogP contribution in [0.3, 0.4) is 0 Å². The van der Waals surface area contributed by atoms with Gasteiger partial charge in [-0.05, 0) is 56.4 Å². The number of aromatic nitrogens is 1. The minimum atomic E-state index is -0.580. The van der Waals surface area contributed by atoms with Gasteiger partial charge >= 0.3 is 0 Å². The lowest BCUT2D eigenvalue weighted by Gasteiger charge is -2.32. The monoisotopic (exact) mass is 410 g/mol. The van der Waals surface area contributed by atoms with Crippen LogP contribution in [0.25, 0.3) is 0 Å². The Labute approximate surface area is 177 Å². The van der Waals surface area contributed by atoms with Crippen molar-refractivity contribution in [2.75, 3.05) is 32.8 Å². The SMILES string of the molecule is O=C(NO)c1ccc(OCCN2CCC(CNC3CC3c3ccccc3)CC2)nc1. The number of piperidine rings is 1. The highest BCUT2D eigenvalue weighted by Gasteiger charge is 2.38. The van der Waals surface area contributed by atoms with Crippen molar-refractivity contribution in [3.05, 3.63) is 59.8 Å². The highest BCUT2D eigenvalue weighted by Crippen LogP contribution is 2.40. The first-order chi connectivity index (χ1) is 14.7. The fourth-order valence-electron chi connectivity index (χ4n) is 4.17. The van der Waals surface area contributed by atoms with Crippen molar-refractivity contribution in [2.24, 2.45) is 5.92 Å². The maximum Gasteiger partial charge on any atom is 0.276 e. The van der Waals surface area contributed by atoms with Gasteiger partial charge < -0.3 is 10.1 Å². The Morgan fingerprint density at radius 3 is 2.67 bits per heavy atom. The Morgan fingerprint density at radius 1 is 1.17 bits per heavy atom. The first-order valence-electron chi connectivity index (χ1n) is 10.8. The molecule has 2 unspecified atom stereocenters. The van der Waals surface area contributed by atoms with Gasteiger partial charge in [-0.25, -0.2) is 10.5 Å². The molecule has 2 heterocycles. The number of carbonyl (C=O) groups is 1. The highest BCUT2D eigenvalue weighted by molar-refractivity contribution is 5.92. The summed E-state index contributed by atoms with van der Waals surface area (Å²) in [5.41, 5.74) is 3.34. The molecule has 1 aromatic carbocycles. The molecule has 30 heavy (non-hydrogen) atoms. The molecular weight excluding hydrogens is 380 g/mol. The molecule has 2 aromatic rings. The standard InChI is InChI=1S/C23H30N4O3/c28-23(26-29)19-6-7-22(25-16-19)30-13-12-27-10-8-17(9-11-27)15-24-21-14-20(21)18-4-2-1-3-5-18/h1-7,16-17,20-21,24,29H,8-15H2,(H,26,28). The fourth-order valence-corrected chi connectivity index (χ4v) is 4.17. The van der Waals surface area contributed by atoms with Gasteiger partial charge in [0.15, 0.2) is 0 Å². The zero-order chi connectivity index (χ0) is 20.8. The fraction of sp³-hybridized carbons (Fsp3) is 0.478. The van der Waals surface area contributed by atoms with Crippen molar-refractivity contribution >= 4 is 5.91 Å². The van der Waals surface area contributed by atoms with Gasteiger partial charge in [-0.15, -0.1) is 0 Å². The average molecular weight is 411 g/mol. The van der Waals surface area contributed by atoms with Gasteiger partial charge in [-0.3, -0.25) is 14.9 Å². The molecule has 1 amide bonds. The third kappa shape index (κ3) is 5.56. The number of pyridine rings is 1. The molecule has 1 saturated heterocycles. The lowest BCUT2D eigenvalue weighted by molar-refractivity contribution is 0.0706. The number of rotatable bonds is 9. The lowest BCUT2D eigenvalue weighted by atomic mass is 9.97. The van der Waals surface area contributed by atoms with Gasteiger partial charge in [-0.1, -0.05) is 30.3 Å². The number of ether oxygens (including phenoxy) is 1. The molecule has 2 aliphatic rings. The van der Waals surface area contributed by atoms with E-state index in [4.69, 9.17) is 9.94 Å².